The summed E-state index contributed by atoms with van der Waals surface area (Å²) >= 11 is 0. The minimum Gasteiger partial charge on any atom is -0.454 e. The number of amides is 1. The second-order valence-corrected chi connectivity index (χ2v) is 8.99. The maximum absolute atomic E-state index is 13.7. The highest BCUT2D eigenvalue weighted by molar-refractivity contribution is 6.41. The van der Waals surface area contributed by atoms with Crippen LogP contribution in [0.2, 0.25) is 0 Å². The van der Waals surface area contributed by atoms with E-state index in [4.69, 9.17) is 4.74 Å². The quantitative estimate of drug-likeness (QED) is 0.323. The molecule has 1 aromatic heterocycles. The zero-order chi connectivity index (χ0) is 25.0. The Balaban J connectivity index is 1.55. The lowest BCUT2D eigenvalue weighted by molar-refractivity contribution is -0.175. The molecule has 2 heterocycles. The van der Waals surface area contributed by atoms with Crippen molar-refractivity contribution in [1.82, 2.24) is 10.3 Å². The van der Waals surface area contributed by atoms with Crippen LogP contribution >= 0.6 is 0 Å². The van der Waals surface area contributed by atoms with Gasteiger partial charge in [0.05, 0.1) is 6.42 Å². The van der Waals surface area contributed by atoms with E-state index in [1.807, 2.05) is 13.8 Å². The number of carbonyl (C=O) groups is 4. The van der Waals surface area contributed by atoms with E-state index >= 15 is 0 Å². The third-order valence-electron chi connectivity index (χ3n) is 6.60. The molecule has 0 bridgehead atoms. The van der Waals surface area contributed by atoms with Crippen LogP contribution in [0, 0.1) is 0 Å². The van der Waals surface area contributed by atoms with Gasteiger partial charge in [-0.1, -0.05) is 50.2 Å². The number of pyridine rings is 1. The Bertz CT molecular complexity index is 1400. The molecule has 2 N–H and O–H groups in total. The average molecular weight is 470 g/mol. The molecule has 176 valence electrons. The Morgan fingerprint density at radius 2 is 1.74 bits per heavy atom. The molecule has 0 saturated heterocycles. The summed E-state index contributed by atoms with van der Waals surface area (Å²) < 4.78 is 5.98. The standard InChI is InChI=1S/C27H22N2O6/c1-15(2)17-7-8-20-23(13-17)35-27(34)19-6-4-3-5-18(19)24(32)26(20,27)29-25(33)22(31)14-21(30)16-9-11-28-12-10-16/h3-13,15,34H,14H2,1-2H3,(H,29,33). The van der Waals surface area contributed by atoms with Crippen molar-refractivity contribution < 1.29 is 29.0 Å². The van der Waals surface area contributed by atoms with Crippen LogP contribution in [0.4, 0.5) is 0 Å². The lowest BCUT2D eigenvalue weighted by Gasteiger charge is -2.34. The highest BCUT2D eigenvalue weighted by Gasteiger charge is 2.71. The SMILES string of the molecule is CC(C)c1ccc2c(c1)OC1(O)c3ccccc3C(=O)C21NC(=O)C(=O)CC(=O)c1ccncc1. The van der Waals surface area contributed by atoms with Gasteiger partial charge in [-0.3, -0.25) is 24.2 Å². The van der Waals surface area contributed by atoms with Crippen LogP contribution in [0.3, 0.4) is 0 Å². The molecule has 35 heavy (non-hydrogen) atoms. The average Bonchev–Trinajstić information content (AvgIpc) is 3.21. The Hall–Kier alpha value is -4.17. The molecule has 5 rings (SSSR count). The first-order chi connectivity index (χ1) is 16.7. The number of hydrogen-bond donors (Lipinski definition) is 2. The molecule has 1 aliphatic carbocycles. The van der Waals surface area contributed by atoms with Crippen molar-refractivity contribution in [2.45, 2.75) is 37.5 Å². The van der Waals surface area contributed by atoms with Crippen LogP contribution in [0.25, 0.3) is 0 Å². The van der Waals surface area contributed by atoms with Crippen LogP contribution < -0.4 is 10.1 Å². The lowest BCUT2D eigenvalue weighted by atomic mass is 9.82. The summed E-state index contributed by atoms with van der Waals surface area (Å²) in [6.07, 6.45) is 2.11. The van der Waals surface area contributed by atoms with Crippen LogP contribution in [0.15, 0.2) is 67.0 Å². The van der Waals surface area contributed by atoms with Gasteiger partial charge >= 0.3 is 0 Å². The number of carbonyl (C=O) groups excluding carboxylic acids is 4. The maximum Gasteiger partial charge on any atom is 0.289 e. The van der Waals surface area contributed by atoms with Gasteiger partial charge in [-0.15, -0.1) is 0 Å². The van der Waals surface area contributed by atoms with E-state index in [-0.39, 0.29) is 33.9 Å². The highest BCUT2D eigenvalue weighted by Crippen LogP contribution is 2.58. The molecule has 0 saturated carbocycles. The zero-order valence-corrected chi connectivity index (χ0v) is 19.1. The minimum atomic E-state index is -2.26. The van der Waals surface area contributed by atoms with Crippen LogP contribution in [0.1, 0.15) is 63.6 Å². The number of aromatic nitrogens is 1. The van der Waals surface area contributed by atoms with Gasteiger partial charge in [0.1, 0.15) is 5.75 Å². The van der Waals surface area contributed by atoms with Crippen LogP contribution in [-0.4, -0.2) is 33.3 Å². The molecular formula is C27H22N2O6. The summed E-state index contributed by atoms with van der Waals surface area (Å²) in [6, 6.07) is 14.4. The van der Waals surface area contributed by atoms with E-state index in [1.165, 1.54) is 30.6 Å². The summed E-state index contributed by atoms with van der Waals surface area (Å²) in [6.45, 7) is 3.98. The summed E-state index contributed by atoms with van der Waals surface area (Å²) in [4.78, 5) is 55.9. The topological polar surface area (TPSA) is 123 Å². The van der Waals surface area contributed by atoms with E-state index in [9.17, 15) is 24.3 Å². The first-order valence-corrected chi connectivity index (χ1v) is 11.2. The third-order valence-corrected chi connectivity index (χ3v) is 6.60. The van der Waals surface area contributed by atoms with E-state index in [2.05, 4.69) is 10.3 Å². The number of fused-ring (bicyclic) bond motifs is 5. The van der Waals surface area contributed by atoms with Crippen molar-refractivity contribution in [3.05, 3.63) is 94.8 Å². The summed E-state index contributed by atoms with van der Waals surface area (Å²) in [7, 11) is 0. The summed E-state index contributed by atoms with van der Waals surface area (Å²) in [5.74, 6) is -5.26. The molecule has 0 radical (unpaired) electrons. The van der Waals surface area contributed by atoms with Crippen molar-refractivity contribution in [2.24, 2.45) is 0 Å². The van der Waals surface area contributed by atoms with Crippen LogP contribution in [-0.2, 0) is 20.9 Å². The molecule has 0 fully saturated rings. The van der Waals surface area contributed by atoms with Gasteiger partial charge in [0.2, 0.25) is 17.1 Å². The lowest BCUT2D eigenvalue weighted by Crippen LogP contribution is -2.61. The minimum absolute atomic E-state index is 0.147. The van der Waals surface area contributed by atoms with Gasteiger partial charge in [-0.25, -0.2) is 0 Å². The predicted molar refractivity (Wildman–Crippen MR) is 124 cm³/mol. The molecule has 2 atom stereocenters. The molecule has 8 nitrogen and oxygen atoms in total. The Morgan fingerprint density at radius 1 is 1.03 bits per heavy atom. The molecule has 3 aromatic rings. The number of rotatable bonds is 6. The Morgan fingerprint density at radius 3 is 2.46 bits per heavy atom. The molecule has 0 spiro atoms. The number of ketones is 3. The molecule has 8 heteroatoms. The fourth-order valence-corrected chi connectivity index (χ4v) is 4.74. The summed E-state index contributed by atoms with van der Waals surface area (Å²) in [5, 5.41) is 14.3. The van der Waals surface area contributed by atoms with Crippen molar-refractivity contribution in [2.75, 3.05) is 0 Å². The first kappa shape index (κ1) is 22.6. The van der Waals surface area contributed by atoms with Crippen molar-refractivity contribution in [3.63, 3.8) is 0 Å². The predicted octanol–water partition coefficient (Wildman–Crippen LogP) is 2.79. The highest BCUT2D eigenvalue weighted by atomic mass is 16.6. The zero-order valence-electron chi connectivity index (χ0n) is 19.1. The van der Waals surface area contributed by atoms with Crippen molar-refractivity contribution >= 4 is 23.3 Å². The normalized spacial score (nSPS) is 21.7. The molecule has 1 aliphatic heterocycles. The fourth-order valence-electron chi connectivity index (χ4n) is 4.74. The second kappa shape index (κ2) is 7.95. The number of nitrogens with zero attached hydrogens (tertiary/aromatic N) is 1. The summed E-state index contributed by atoms with van der Waals surface area (Å²) in [5.41, 5.74) is -0.327. The Labute approximate surface area is 201 Å². The monoisotopic (exact) mass is 470 g/mol. The van der Waals surface area contributed by atoms with E-state index in [1.54, 1.807) is 36.4 Å². The number of aliphatic hydroxyl groups is 1. The largest absolute Gasteiger partial charge is 0.454 e. The van der Waals surface area contributed by atoms with Gasteiger partial charge in [-0.05, 0) is 29.7 Å². The van der Waals surface area contributed by atoms with Gasteiger partial charge in [0.25, 0.3) is 11.7 Å². The van der Waals surface area contributed by atoms with Crippen molar-refractivity contribution in [1.29, 1.82) is 0 Å². The number of Topliss-reactive ketones (excluding diaryl/α,β-unsaturated/α-hetero) is 3. The number of hydrogen-bond acceptors (Lipinski definition) is 7. The van der Waals surface area contributed by atoms with Gasteiger partial charge < -0.3 is 15.2 Å². The maximum atomic E-state index is 13.7. The number of ether oxygens (including phenoxy) is 1. The molecule has 1 amide bonds. The second-order valence-electron chi connectivity index (χ2n) is 8.99. The van der Waals surface area contributed by atoms with Gasteiger partial charge in [0.15, 0.2) is 5.78 Å². The smallest absolute Gasteiger partial charge is 0.289 e. The Kier molecular flexibility index (Phi) is 5.14. The van der Waals surface area contributed by atoms with Gasteiger partial charge in [0, 0.05) is 34.6 Å². The first-order valence-electron chi connectivity index (χ1n) is 11.2. The van der Waals surface area contributed by atoms with Crippen molar-refractivity contribution in [3.8, 4) is 5.75 Å². The molecular weight excluding hydrogens is 448 g/mol. The number of nitrogens with one attached hydrogen (secondary N) is 1. The fraction of sp³-hybridized carbons (Fsp3) is 0.222. The number of benzene rings is 2. The van der Waals surface area contributed by atoms with Gasteiger partial charge in [-0.2, -0.15) is 0 Å². The molecule has 2 aliphatic rings. The van der Waals surface area contributed by atoms with E-state index < -0.39 is 41.0 Å². The molecule has 2 unspecified atom stereocenters. The molecule has 2 aromatic carbocycles. The van der Waals surface area contributed by atoms with Crippen LogP contribution in [0.5, 0.6) is 5.75 Å². The van der Waals surface area contributed by atoms with E-state index in [0.29, 0.717) is 0 Å². The van der Waals surface area contributed by atoms with E-state index in [0.717, 1.165) is 5.56 Å². The third kappa shape index (κ3) is 3.21.